The summed E-state index contributed by atoms with van der Waals surface area (Å²) in [6, 6.07) is 1.98. The highest BCUT2D eigenvalue weighted by Crippen LogP contribution is 2.36. The van der Waals surface area contributed by atoms with Crippen LogP contribution in [0.1, 0.15) is 19.8 Å². The summed E-state index contributed by atoms with van der Waals surface area (Å²) in [4.78, 5) is 4.36. The number of fused-ring (bicyclic) bond motifs is 1. The van der Waals surface area contributed by atoms with Crippen LogP contribution in [0.15, 0.2) is 24.7 Å². The third-order valence-electron chi connectivity index (χ3n) is 3.34. The van der Waals surface area contributed by atoms with E-state index >= 15 is 0 Å². The molecule has 4 heteroatoms. The zero-order valence-electron chi connectivity index (χ0n) is 9.43. The van der Waals surface area contributed by atoms with Gasteiger partial charge in [0.25, 0.3) is 0 Å². The lowest BCUT2D eigenvalue weighted by molar-refractivity contribution is 0.536. The highest BCUT2D eigenvalue weighted by Gasteiger charge is 2.27. The van der Waals surface area contributed by atoms with Gasteiger partial charge < -0.3 is 5.32 Å². The lowest BCUT2D eigenvalue weighted by Crippen LogP contribution is -2.14. The maximum atomic E-state index is 4.36. The Morgan fingerprint density at radius 1 is 1.50 bits per heavy atom. The minimum Gasteiger partial charge on any atom is -0.368 e. The molecule has 1 saturated carbocycles. The maximum Gasteiger partial charge on any atom is 0.152 e. The van der Waals surface area contributed by atoms with Gasteiger partial charge >= 0.3 is 0 Å². The molecule has 3 rings (SSSR count). The predicted molar refractivity (Wildman–Crippen MR) is 63.4 cm³/mol. The van der Waals surface area contributed by atoms with E-state index in [1.807, 2.05) is 16.8 Å². The van der Waals surface area contributed by atoms with Gasteiger partial charge in [-0.25, -0.2) is 9.50 Å². The second-order valence-electron chi connectivity index (χ2n) is 4.63. The number of nitrogens with zero attached hydrogens (tertiary/aromatic N) is 3. The van der Waals surface area contributed by atoms with Crippen molar-refractivity contribution in [3.63, 3.8) is 0 Å². The fourth-order valence-electron chi connectivity index (χ4n) is 2.08. The van der Waals surface area contributed by atoms with Crippen molar-refractivity contribution in [2.45, 2.75) is 19.8 Å². The van der Waals surface area contributed by atoms with Gasteiger partial charge in [-0.3, -0.25) is 0 Å². The SMILES string of the molecule is CC(CNc1nccn2nccc12)C1CC1. The molecule has 0 bridgehead atoms. The van der Waals surface area contributed by atoms with Crippen molar-refractivity contribution >= 4 is 11.3 Å². The Labute approximate surface area is 94.7 Å². The molecule has 84 valence electrons. The van der Waals surface area contributed by atoms with E-state index in [1.54, 1.807) is 12.4 Å². The molecule has 2 aromatic rings. The van der Waals surface area contributed by atoms with Crippen molar-refractivity contribution in [3.05, 3.63) is 24.7 Å². The Morgan fingerprint density at radius 3 is 3.19 bits per heavy atom. The minimum atomic E-state index is 0.741. The summed E-state index contributed by atoms with van der Waals surface area (Å²) in [5, 5.41) is 7.61. The Bertz CT molecular complexity index is 486. The third-order valence-corrected chi connectivity index (χ3v) is 3.34. The first-order valence-electron chi connectivity index (χ1n) is 5.87. The molecule has 1 N–H and O–H groups in total. The van der Waals surface area contributed by atoms with Crippen molar-refractivity contribution in [2.75, 3.05) is 11.9 Å². The first-order valence-corrected chi connectivity index (χ1v) is 5.87. The zero-order chi connectivity index (χ0) is 11.0. The third kappa shape index (κ3) is 1.75. The van der Waals surface area contributed by atoms with Crippen molar-refractivity contribution in [2.24, 2.45) is 11.8 Å². The van der Waals surface area contributed by atoms with Gasteiger partial charge in [0.15, 0.2) is 5.82 Å². The summed E-state index contributed by atoms with van der Waals surface area (Å²) < 4.78 is 1.84. The summed E-state index contributed by atoms with van der Waals surface area (Å²) in [5.41, 5.74) is 1.05. The van der Waals surface area contributed by atoms with Crippen LogP contribution in [-0.4, -0.2) is 21.1 Å². The van der Waals surface area contributed by atoms with Crippen LogP contribution in [0.25, 0.3) is 5.52 Å². The molecule has 1 aliphatic carbocycles. The van der Waals surface area contributed by atoms with E-state index in [-0.39, 0.29) is 0 Å². The molecule has 1 atom stereocenters. The maximum absolute atomic E-state index is 4.36. The van der Waals surface area contributed by atoms with Crippen molar-refractivity contribution in [1.82, 2.24) is 14.6 Å². The Kier molecular flexibility index (Phi) is 2.27. The molecule has 4 nitrogen and oxygen atoms in total. The van der Waals surface area contributed by atoms with Gasteiger partial charge in [0.05, 0.1) is 6.20 Å². The molecular weight excluding hydrogens is 200 g/mol. The van der Waals surface area contributed by atoms with Crippen LogP contribution in [0.3, 0.4) is 0 Å². The second kappa shape index (κ2) is 3.77. The number of hydrogen-bond acceptors (Lipinski definition) is 3. The molecule has 0 radical (unpaired) electrons. The number of anilines is 1. The summed E-state index contributed by atoms with van der Waals surface area (Å²) in [7, 11) is 0. The molecule has 2 heterocycles. The van der Waals surface area contributed by atoms with Gasteiger partial charge in [-0.1, -0.05) is 6.92 Å². The Hall–Kier alpha value is -1.58. The minimum absolute atomic E-state index is 0.741. The van der Waals surface area contributed by atoms with Crippen LogP contribution in [-0.2, 0) is 0 Å². The first-order chi connectivity index (χ1) is 7.84. The van der Waals surface area contributed by atoms with E-state index in [1.165, 1.54) is 12.8 Å². The molecule has 16 heavy (non-hydrogen) atoms. The Balaban J connectivity index is 1.75. The van der Waals surface area contributed by atoms with E-state index in [2.05, 4.69) is 22.3 Å². The first kappa shape index (κ1) is 9.63. The van der Waals surface area contributed by atoms with E-state index in [0.717, 1.165) is 29.7 Å². The average molecular weight is 216 g/mol. The highest BCUT2D eigenvalue weighted by atomic mass is 15.2. The smallest absolute Gasteiger partial charge is 0.152 e. The van der Waals surface area contributed by atoms with Crippen LogP contribution >= 0.6 is 0 Å². The van der Waals surface area contributed by atoms with Crippen LogP contribution in [0.2, 0.25) is 0 Å². The van der Waals surface area contributed by atoms with Gasteiger partial charge in [0, 0.05) is 18.9 Å². The highest BCUT2D eigenvalue weighted by molar-refractivity contribution is 5.66. The number of rotatable bonds is 4. The fraction of sp³-hybridized carbons (Fsp3) is 0.500. The summed E-state index contributed by atoms with van der Waals surface area (Å²) in [6.07, 6.45) is 8.24. The Morgan fingerprint density at radius 2 is 2.38 bits per heavy atom. The van der Waals surface area contributed by atoms with Crippen molar-refractivity contribution in [1.29, 1.82) is 0 Å². The molecule has 0 saturated heterocycles. The molecule has 1 aliphatic rings. The molecule has 1 unspecified atom stereocenters. The molecule has 2 aromatic heterocycles. The molecular formula is C12H16N4. The number of aromatic nitrogens is 3. The predicted octanol–water partition coefficient (Wildman–Crippen LogP) is 2.19. The van der Waals surface area contributed by atoms with Gasteiger partial charge in [-0.15, -0.1) is 0 Å². The summed E-state index contributed by atoms with van der Waals surface area (Å²) >= 11 is 0. The van der Waals surface area contributed by atoms with Gasteiger partial charge in [-0.2, -0.15) is 5.10 Å². The molecule has 0 spiro atoms. The van der Waals surface area contributed by atoms with Crippen molar-refractivity contribution < 1.29 is 0 Å². The number of hydrogen-bond donors (Lipinski definition) is 1. The van der Waals surface area contributed by atoms with Crippen LogP contribution < -0.4 is 5.32 Å². The van der Waals surface area contributed by atoms with Gasteiger partial charge in [-0.05, 0) is 30.7 Å². The quantitative estimate of drug-likeness (QED) is 0.851. The van der Waals surface area contributed by atoms with Crippen molar-refractivity contribution in [3.8, 4) is 0 Å². The summed E-state index contributed by atoms with van der Waals surface area (Å²) in [5.74, 6) is 2.61. The topological polar surface area (TPSA) is 42.2 Å². The molecule has 0 aromatic carbocycles. The summed E-state index contributed by atoms with van der Waals surface area (Å²) in [6.45, 7) is 3.31. The van der Waals surface area contributed by atoms with Gasteiger partial charge in [0.2, 0.25) is 0 Å². The van der Waals surface area contributed by atoms with Crippen LogP contribution in [0.4, 0.5) is 5.82 Å². The van der Waals surface area contributed by atoms with Gasteiger partial charge in [0.1, 0.15) is 5.52 Å². The van der Waals surface area contributed by atoms with E-state index in [4.69, 9.17) is 0 Å². The molecule has 0 aliphatic heterocycles. The molecule has 0 amide bonds. The van der Waals surface area contributed by atoms with E-state index in [9.17, 15) is 0 Å². The monoisotopic (exact) mass is 216 g/mol. The average Bonchev–Trinajstić information content (AvgIpc) is 3.04. The number of nitrogens with one attached hydrogen (secondary N) is 1. The zero-order valence-corrected chi connectivity index (χ0v) is 9.43. The lowest BCUT2D eigenvalue weighted by atomic mass is 10.1. The molecule has 1 fully saturated rings. The van der Waals surface area contributed by atoms with Crippen LogP contribution in [0, 0.1) is 11.8 Å². The second-order valence-corrected chi connectivity index (χ2v) is 4.63. The van der Waals surface area contributed by atoms with E-state index in [0.29, 0.717) is 0 Å². The standard InChI is InChI=1S/C12H16N4/c1-9(10-2-3-10)8-14-12-11-4-5-15-16(11)7-6-13-12/h4-7,9-10H,2-3,8H2,1H3,(H,13,14). The largest absolute Gasteiger partial charge is 0.368 e. The normalized spacial score (nSPS) is 17.6. The lowest BCUT2D eigenvalue weighted by Gasteiger charge is -2.12. The van der Waals surface area contributed by atoms with Crippen LogP contribution in [0.5, 0.6) is 0 Å². The fourth-order valence-corrected chi connectivity index (χ4v) is 2.08. The van der Waals surface area contributed by atoms with E-state index < -0.39 is 0 Å².